The maximum atomic E-state index is 11.9. The molecule has 0 spiro atoms. The molecule has 0 bridgehead atoms. The van der Waals surface area contributed by atoms with Crippen LogP contribution in [0.4, 0.5) is 17.2 Å². The van der Waals surface area contributed by atoms with Crippen molar-refractivity contribution in [2.75, 3.05) is 10.6 Å². The molecule has 1 unspecified atom stereocenters. The molecule has 0 aliphatic heterocycles. The van der Waals surface area contributed by atoms with Crippen LogP contribution in [-0.4, -0.2) is 15.8 Å². The summed E-state index contributed by atoms with van der Waals surface area (Å²) in [6.45, 7) is 1.96. The van der Waals surface area contributed by atoms with Gasteiger partial charge in [-0.05, 0) is 49.6 Å². The van der Waals surface area contributed by atoms with Crippen LogP contribution in [0.1, 0.15) is 36.9 Å². The van der Waals surface area contributed by atoms with Crippen molar-refractivity contribution in [1.29, 1.82) is 5.26 Å². The minimum atomic E-state index is -0.494. The number of nitro benzene ring substituents is 1. The lowest BCUT2D eigenvalue weighted by atomic mass is 10.1. The summed E-state index contributed by atoms with van der Waals surface area (Å²) in [5.41, 5.74) is 2.50. The number of pyridine rings is 1. The SMILES string of the molecule is CC(Nc1cc(C#N)c2cc([N+](=O)[O-])ccc2n1)c1ccc(NC(=O)C2CC2)cc1. The number of anilines is 2. The quantitative estimate of drug-likeness (QED) is 0.462. The monoisotopic (exact) mass is 401 g/mol. The maximum Gasteiger partial charge on any atom is 0.270 e. The Morgan fingerprint density at radius 2 is 1.97 bits per heavy atom. The van der Waals surface area contributed by atoms with Gasteiger partial charge in [-0.1, -0.05) is 12.1 Å². The molecule has 0 radical (unpaired) electrons. The van der Waals surface area contributed by atoms with Crippen LogP contribution in [0, 0.1) is 27.4 Å². The largest absolute Gasteiger partial charge is 0.363 e. The number of nitrogens with one attached hydrogen (secondary N) is 2. The third-order valence-corrected chi connectivity index (χ3v) is 5.11. The van der Waals surface area contributed by atoms with Crippen molar-refractivity contribution < 1.29 is 9.72 Å². The molecule has 1 aromatic heterocycles. The van der Waals surface area contributed by atoms with E-state index < -0.39 is 4.92 Å². The Kier molecular flexibility index (Phi) is 5.02. The standard InChI is InChI=1S/C22H19N5O3/c1-13(14-4-6-17(7-5-14)25-22(28)15-2-3-15)24-21-10-16(12-23)19-11-18(27(29)30)8-9-20(19)26-21/h4-11,13,15H,2-3H2,1H3,(H,24,26)(H,25,28). The molecule has 1 saturated carbocycles. The van der Waals surface area contributed by atoms with Crippen molar-refractivity contribution >= 4 is 34.0 Å². The first kappa shape index (κ1) is 19.3. The molecule has 1 amide bonds. The van der Waals surface area contributed by atoms with E-state index in [1.165, 1.54) is 12.1 Å². The smallest absolute Gasteiger partial charge is 0.270 e. The summed E-state index contributed by atoms with van der Waals surface area (Å²) in [5.74, 6) is 0.727. The Morgan fingerprint density at radius 3 is 2.60 bits per heavy atom. The molecule has 30 heavy (non-hydrogen) atoms. The number of carbonyl (C=O) groups is 1. The summed E-state index contributed by atoms with van der Waals surface area (Å²) in [6, 6.07) is 15.4. The van der Waals surface area contributed by atoms with Gasteiger partial charge in [0.1, 0.15) is 5.82 Å². The first-order chi connectivity index (χ1) is 14.4. The van der Waals surface area contributed by atoms with E-state index in [-0.39, 0.29) is 23.6 Å². The highest BCUT2D eigenvalue weighted by Gasteiger charge is 2.29. The second-order valence-corrected chi connectivity index (χ2v) is 7.38. The second kappa shape index (κ2) is 7.79. The molecule has 2 aromatic carbocycles. The number of benzene rings is 2. The van der Waals surface area contributed by atoms with Gasteiger partial charge in [0, 0.05) is 35.2 Å². The lowest BCUT2D eigenvalue weighted by Gasteiger charge is -2.16. The van der Waals surface area contributed by atoms with E-state index in [0.717, 1.165) is 24.1 Å². The number of nitrogens with zero attached hydrogens (tertiary/aromatic N) is 3. The van der Waals surface area contributed by atoms with Gasteiger partial charge in [-0.3, -0.25) is 14.9 Å². The van der Waals surface area contributed by atoms with Crippen molar-refractivity contribution in [3.05, 3.63) is 69.8 Å². The molecule has 2 N–H and O–H groups in total. The van der Waals surface area contributed by atoms with Gasteiger partial charge in [-0.2, -0.15) is 5.26 Å². The van der Waals surface area contributed by atoms with E-state index in [1.807, 2.05) is 31.2 Å². The molecule has 1 aliphatic rings. The zero-order valence-electron chi connectivity index (χ0n) is 16.3. The average Bonchev–Trinajstić information content (AvgIpc) is 3.58. The van der Waals surface area contributed by atoms with Gasteiger partial charge < -0.3 is 10.6 Å². The van der Waals surface area contributed by atoms with Crippen molar-refractivity contribution in [3.63, 3.8) is 0 Å². The molecule has 1 atom stereocenters. The highest BCUT2D eigenvalue weighted by molar-refractivity contribution is 5.94. The predicted octanol–water partition coefficient (Wildman–Crippen LogP) is 4.54. The normalized spacial score (nSPS) is 14.0. The van der Waals surface area contributed by atoms with E-state index >= 15 is 0 Å². The van der Waals surface area contributed by atoms with E-state index in [1.54, 1.807) is 12.1 Å². The summed E-state index contributed by atoms with van der Waals surface area (Å²) in [7, 11) is 0. The molecular formula is C22H19N5O3. The molecule has 8 heteroatoms. The Hall–Kier alpha value is -3.99. The topological polar surface area (TPSA) is 121 Å². The number of fused-ring (bicyclic) bond motifs is 1. The molecule has 150 valence electrons. The number of aromatic nitrogens is 1. The number of hydrogen-bond acceptors (Lipinski definition) is 6. The van der Waals surface area contributed by atoms with Crippen LogP contribution in [0.5, 0.6) is 0 Å². The zero-order chi connectivity index (χ0) is 21.3. The van der Waals surface area contributed by atoms with E-state index in [9.17, 15) is 20.2 Å². The van der Waals surface area contributed by atoms with Gasteiger partial charge >= 0.3 is 0 Å². The molecule has 3 aromatic rings. The number of hydrogen-bond donors (Lipinski definition) is 2. The van der Waals surface area contributed by atoms with Crippen LogP contribution in [0.25, 0.3) is 10.9 Å². The van der Waals surface area contributed by atoms with Crippen molar-refractivity contribution in [1.82, 2.24) is 4.98 Å². The number of carbonyl (C=O) groups excluding carboxylic acids is 1. The van der Waals surface area contributed by atoms with Gasteiger partial charge in [-0.15, -0.1) is 0 Å². The molecule has 0 saturated heterocycles. The van der Waals surface area contributed by atoms with Gasteiger partial charge in [0.05, 0.1) is 22.1 Å². The second-order valence-electron chi connectivity index (χ2n) is 7.38. The first-order valence-electron chi connectivity index (χ1n) is 9.61. The number of rotatable bonds is 6. The van der Waals surface area contributed by atoms with Gasteiger partial charge in [0.25, 0.3) is 5.69 Å². The fourth-order valence-corrected chi connectivity index (χ4v) is 3.24. The third kappa shape index (κ3) is 4.05. The summed E-state index contributed by atoms with van der Waals surface area (Å²) < 4.78 is 0. The minimum Gasteiger partial charge on any atom is -0.363 e. The highest BCUT2D eigenvalue weighted by atomic mass is 16.6. The van der Waals surface area contributed by atoms with Crippen LogP contribution in [0.2, 0.25) is 0 Å². The van der Waals surface area contributed by atoms with Gasteiger partial charge in [0.2, 0.25) is 5.91 Å². The van der Waals surface area contributed by atoms with Crippen LogP contribution in [-0.2, 0) is 4.79 Å². The van der Waals surface area contributed by atoms with Crippen molar-refractivity contribution in [2.24, 2.45) is 5.92 Å². The third-order valence-electron chi connectivity index (χ3n) is 5.11. The van der Waals surface area contributed by atoms with E-state index in [0.29, 0.717) is 22.3 Å². The summed E-state index contributed by atoms with van der Waals surface area (Å²) in [5, 5.41) is 27.1. The Bertz CT molecular complexity index is 1180. The summed E-state index contributed by atoms with van der Waals surface area (Å²) in [6.07, 6.45) is 1.92. The number of non-ortho nitro benzene ring substituents is 1. The molecule has 1 aliphatic carbocycles. The lowest BCUT2D eigenvalue weighted by molar-refractivity contribution is -0.384. The lowest BCUT2D eigenvalue weighted by Crippen LogP contribution is -2.13. The molecule has 4 rings (SSSR count). The Labute approximate surface area is 172 Å². The maximum absolute atomic E-state index is 11.9. The first-order valence-corrected chi connectivity index (χ1v) is 9.61. The average molecular weight is 401 g/mol. The number of amides is 1. The molecule has 8 nitrogen and oxygen atoms in total. The van der Waals surface area contributed by atoms with E-state index in [2.05, 4.69) is 21.7 Å². The van der Waals surface area contributed by atoms with Crippen LogP contribution >= 0.6 is 0 Å². The number of nitriles is 1. The van der Waals surface area contributed by atoms with Crippen LogP contribution in [0.15, 0.2) is 48.5 Å². The fourth-order valence-electron chi connectivity index (χ4n) is 3.24. The van der Waals surface area contributed by atoms with Gasteiger partial charge in [-0.25, -0.2) is 4.98 Å². The minimum absolute atomic E-state index is 0.0681. The summed E-state index contributed by atoms with van der Waals surface area (Å²) in [4.78, 5) is 26.9. The molecule has 1 fully saturated rings. The Morgan fingerprint density at radius 1 is 1.23 bits per heavy atom. The fraction of sp³-hybridized carbons (Fsp3) is 0.227. The van der Waals surface area contributed by atoms with Crippen molar-refractivity contribution in [2.45, 2.75) is 25.8 Å². The zero-order valence-corrected chi connectivity index (χ0v) is 16.3. The summed E-state index contributed by atoms with van der Waals surface area (Å²) >= 11 is 0. The van der Waals surface area contributed by atoms with Gasteiger partial charge in [0.15, 0.2) is 0 Å². The molecule has 1 heterocycles. The molecular weight excluding hydrogens is 382 g/mol. The van der Waals surface area contributed by atoms with E-state index in [4.69, 9.17) is 0 Å². The predicted molar refractivity (Wildman–Crippen MR) is 113 cm³/mol. The van der Waals surface area contributed by atoms with Crippen molar-refractivity contribution in [3.8, 4) is 6.07 Å². The Balaban J connectivity index is 1.53. The van der Waals surface area contributed by atoms with Crippen LogP contribution < -0.4 is 10.6 Å². The van der Waals surface area contributed by atoms with Crippen LogP contribution in [0.3, 0.4) is 0 Å². The highest BCUT2D eigenvalue weighted by Crippen LogP contribution is 2.31. The number of nitro groups is 1.